The van der Waals surface area contributed by atoms with Gasteiger partial charge < -0.3 is 5.11 Å². The number of nitro benzene ring substituents is 1. The highest BCUT2D eigenvalue weighted by Gasteiger charge is 2.27. The highest BCUT2D eigenvalue weighted by Crippen LogP contribution is 2.46. The number of fused-ring (bicyclic) bond motifs is 1. The van der Waals surface area contributed by atoms with Crippen molar-refractivity contribution in [2.45, 2.75) is 16.6 Å². The van der Waals surface area contributed by atoms with Crippen LogP contribution in [0, 0.1) is 14.9 Å². The summed E-state index contributed by atoms with van der Waals surface area (Å²) >= 11 is 6.57. The number of nitrogens with one attached hydrogen (secondary N) is 1. The second kappa shape index (κ2) is 7.88. The molecule has 1 atom stereocenters. The van der Waals surface area contributed by atoms with Gasteiger partial charge in [0.2, 0.25) is 5.88 Å². The number of nitro groups is 1. The normalized spacial score (nSPS) is 15.8. The molecule has 0 fully saturated rings. The Labute approximate surface area is 180 Å². The van der Waals surface area contributed by atoms with Crippen LogP contribution >= 0.6 is 24.0 Å². The molecule has 0 saturated carbocycles. The molecule has 10 heteroatoms. The van der Waals surface area contributed by atoms with Crippen LogP contribution in [0.25, 0.3) is 0 Å². The number of aromatic nitrogens is 2. The van der Waals surface area contributed by atoms with Crippen LogP contribution in [0.3, 0.4) is 0 Å². The smallest absolute Gasteiger partial charge is 0.269 e. The van der Waals surface area contributed by atoms with Gasteiger partial charge >= 0.3 is 0 Å². The second-order valence-corrected chi connectivity index (χ2v) is 8.34. The minimum Gasteiger partial charge on any atom is -0.494 e. The predicted octanol–water partition coefficient (Wildman–Crippen LogP) is 4.41. The summed E-state index contributed by atoms with van der Waals surface area (Å²) in [4.78, 5) is 31.5. The molecule has 1 unspecified atom stereocenters. The number of H-pyrrole nitrogens is 1. The van der Waals surface area contributed by atoms with Gasteiger partial charge in [-0.05, 0) is 29.9 Å². The summed E-state index contributed by atoms with van der Waals surface area (Å²) in [6, 6.07) is 13.9. The number of benzene rings is 2. The lowest BCUT2D eigenvalue weighted by Gasteiger charge is -2.16. The van der Waals surface area contributed by atoms with Gasteiger partial charge in [0.05, 0.1) is 16.3 Å². The van der Waals surface area contributed by atoms with E-state index < -0.39 is 10.5 Å². The summed E-state index contributed by atoms with van der Waals surface area (Å²) in [6.45, 7) is 0. The lowest BCUT2D eigenvalue weighted by molar-refractivity contribution is -0.384. The number of para-hydroxylation sites is 1. The monoisotopic (exact) mass is 440 g/mol. The number of aromatic amines is 1. The van der Waals surface area contributed by atoms with Gasteiger partial charge in [-0.15, -0.1) is 11.8 Å². The lowest BCUT2D eigenvalue weighted by Crippen LogP contribution is -2.23. The van der Waals surface area contributed by atoms with Crippen molar-refractivity contribution in [2.75, 3.05) is 0 Å². The Hall–Kier alpha value is -3.24. The van der Waals surface area contributed by atoms with E-state index in [1.54, 1.807) is 13.1 Å². The summed E-state index contributed by atoms with van der Waals surface area (Å²) < 4.78 is 1.40. The number of non-ortho nitro benzene ring substituents is 1. The standard InChI is InChI=1S/C20H16N4O4S2/c1-23-19(26)17(18(25)22-20(23)29)14-10-16(11-5-4-6-12(9-11)24(27)28)30-15-8-3-2-7-13(15)21-14/h2-9,16,26H,10H2,1H3,(H,22,25,29). The fourth-order valence-electron chi connectivity index (χ4n) is 3.26. The average molecular weight is 441 g/mol. The number of hydrogen-bond donors (Lipinski definition) is 2. The van der Waals surface area contributed by atoms with E-state index in [0.29, 0.717) is 11.4 Å². The summed E-state index contributed by atoms with van der Waals surface area (Å²) in [5.74, 6) is -0.273. The largest absolute Gasteiger partial charge is 0.494 e. The predicted molar refractivity (Wildman–Crippen MR) is 117 cm³/mol. The molecule has 152 valence electrons. The molecule has 0 aliphatic carbocycles. The fraction of sp³-hybridized carbons (Fsp3) is 0.150. The molecule has 1 aliphatic rings. The zero-order valence-corrected chi connectivity index (χ0v) is 17.4. The first-order valence-corrected chi connectivity index (χ1v) is 10.2. The van der Waals surface area contributed by atoms with E-state index >= 15 is 0 Å². The molecule has 2 heterocycles. The van der Waals surface area contributed by atoms with E-state index in [9.17, 15) is 20.0 Å². The Kier molecular flexibility index (Phi) is 5.27. The summed E-state index contributed by atoms with van der Waals surface area (Å²) in [5.41, 5.74) is 1.28. The topological polar surface area (TPSA) is 114 Å². The maximum atomic E-state index is 12.7. The van der Waals surface area contributed by atoms with Crippen molar-refractivity contribution in [1.82, 2.24) is 9.55 Å². The Bertz CT molecular complexity index is 1310. The van der Waals surface area contributed by atoms with E-state index in [4.69, 9.17) is 12.2 Å². The highest BCUT2D eigenvalue weighted by atomic mass is 32.2. The third-order valence-electron chi connectivity index (χ3n) is 4.80. The van der Waals surface area contributed by atoms with Crippen LogP contribution in [0.15, 0.2) is 63.2 Å². The van der Waals surface area contributed by atoms with Gasteiger partial charge in [-0.2, -0.15) is 0 Å². The van der Waals surface area contributed by atoms with Gasteiger partial charge in [-0.3, -0.25) is 29.5 Å². The molecule has 30 heavy (non-hydrogen) atoms. The van der Waals surface area contributed by atoms with Crippen LogP contribution in [-0.2, 0) is 7.05 Å². The van der Waals surface area contributed by atoms with Crippen molar-refractivity contribution < 1.29 is 10.0 Å². The Morgan fingerprint density at radius 1 is 1.30 bits per heavy atom. The molecule has 0 amide bonds. The Balaban J connectivity index is 1.90. The molecule has 3 aromatic rings. The SMILES string of the molecule is Cn1c(O)c(C2=Nc3ccccc3SC(c3cccc([N+](=O)[O-])c3)C2)c(=O)[nH]c1=S. The van der Waals surface area contributed by atoms with Crippen molar-refractivity contribution >= 4 is 41.1 Å². The Morgan fingerprint density at radius 2 is 2.07 bits per heavy atom. The first kappa shape index (κ1) is 20.0. The summed E-state index contributed by atoms with van der Waals surface area (Å²) in [6.07, 6.45) is 0.286. The zero-order valence-electron chi connectivity index (χ0n) is 15.7. The number of hydrogen-bond acceptors (Lipinski definition) is 7. The van der Waals surface area contributed by atoms with E-state index in [-0.39, 0.29) is 33.6 Å². The maximum absolute atomic E-state index is 12.7. The zero-order chi connectivity index (χ0) is 21.4. The van der Waals surface area contributed by atoms with Crippen molar-refractivity contribution in [1.29, 1.82) is 0 Å². The maximum Gasteiger partial charge on any atom is 0.269 e. The van der Waals surface area contributed by atoms with Crippen molar-refractivity contribution in [3.05, 3.63) is 84.9 Å². The van der Waals surface area contributed by atoms with Gasteiger partial charge in [0.1, 0.15) is 5.56 Å². The second-order valence-electron chi connectivity index (χ2n) is 6.71. The number of aliphatic imine (C=N–C) groups is 1. The molecular formula is C20H16N4O4S2. The molecule has 2 aromatic carbocycles. The van der Waals surface area contributed by atoms with Crippen molar-refractivity contribution in [3.63, 3.8) is 0 Å². The van der Waals surface area contributed by atoms with Crippen LogP contribution < -0.4 is 5.56 Å². The molecule has 2 N–H and O–H groups in total. The molecule has 1 aliphatic heterocycles. The fourth-order valence-corrected chi connectivity index (χ4v) is 4.66. The van der Waals surface area contributed by atoms with Gasteiger partial charge in [-0.25, -0.2) is 0 Å². The Morgan fingerprint density at radius 3 is 2.83 bits per heavy atom. The number of aromatic hydroxyl groups is 1. The van der Waals surface area contributed by atoms with E-state index in [2.05, 4.69) is 9.98 Å². The molecule has 4 rings (SSSR count). The van der Waals surface area contributed by atoms with Crippen LogP contribution in [0.4, 0.5) is 11.4 Å². The van der Waals surface area contributed by atoms with Gasteiger partial charge in [-0.1, -0.05) is 24.3 Å². The minimum atomic E-state index is -0.531. The first-order chi connectivity index (χ1) is 14.3. The average Bonchev–Trinajstić information content (AvgIpc) is 2.92. The molecule has 1 aromatic heterocycles. The van der Waals surface area contributed by atoms with Gasteiger partial charge in [0.15, 0.2) is 4.77 Å². The number of thioether (sulfide) groups is 1. The molecule has 8 nitrogen and oxygen atoms in total. The van der Waals surface area contributed by atoms with Gasteiger partial charge in [0, 0.05) is 35.7 Å². The summed E-state index contributed by atoms with van der Waals surface area (Å²) in [5, 5.41) is 21.6. The lowest BCUT2D eigenvalue weighted by atomic mass is 10.0. The van der Waals surface area contributed by atoms with Crippen LogP contribution in [0.1, 0.15) is 22.8 Å². The quantitative estimate of drug-likeness (QED) is 0.354. The number of rotatable bonds is 3. The van der Waals surface area contributed by atoms with Crippen LogP contribution in [-0.4, -0.2) is 25.3 Å². The van der Waals surface area contributed by atoms with Crippen molar-refractivity contribution in [3.8, 4) is 5.88 Å². The van der Waals surface area contributed by atoms with Crippen LogP contribution in [0.5, 0.6) is 5.88 Å². The molecular weight excluding hydrogens is 424 g/mol. The number of nitrogens with zero attached hydrogens (tertiary/aromatic N) is 3. The van der Waals surface area contributed by atoms with E-state index in [0.717, 1.165) is 10.5 Å². The van der Waals surface area contributed by atoms with Crippen LogP contribution in [0.2, 0.25) is 0 Å². The first-order valence-electron chi connectivity index (χ1n) is 8.95. The third-order valence-corrected chi connectivity index (χ3v) is 6.50. The van der Waals surface area contributed by atoms with E-state index in [1.165, 1.54) is 28.5 Å². The van der Waals surface area contributed by atoms with Gasteiger partial charge in [0.25, 0.3) is 11.2 Å². The highest BCUT2D eigenvalue weighted by molar-refractivity contribution is 7.99. The summed E-state index contributed by atoms with van der Waals surface area (Å²) in [7, 11) is 1.55. The third kappa shape index (κ3) is 3.66. The molecule has 0 saturated heterocycles. The van der Waals surface area contributed by atoms with E-state index in [1.807, 2.05) is 30.3 Å². The van der Waals surface area contributed by atoms with Crippen molar-refractivity contribution in [2.24, 2.45) is 12.0 Å². The molecule has 0 bridgehead atoms. The minimum absolute atomic E-state index is 0.00771. The molecule has 0 radical (unpaired) electrons. The molecule has 0 spiro atoms.